The van der Waals surface area contributed by atoms with Crippen molar-refractivity contribution in [2.24, 2.45) is 0 Å². The Morgan fingerprint density at radius 1 is 1.05 bits per heavy atom. The van der Waals surface area contributed by atoms with Crippen LogP contribution >= 0.6 is 11.6 Å². The highest BCUT2D eigenvalue weighted by atomic mass is 35.5. The second kappa shape index (κ2) is 6.56. The lowest BCUT2D eigenvalue weighted by atomic mass is 9.96. The van der Waals surface area contributed by atoms with E-state index in [2.05, 4.69) is 10.2 Å². The Morgan fingerprint density at radius 2 is 1.81 bits per heavy atom. The maximum absolute atomic E-state index is 14.3. The van der Waals surface area contributed by atoms with E-state index in [4.69, 9.17) is 11.6 Å². The summed E-state index contributed by atoms with van der Waals surface area (Å²) in [5.41, 5.74) is 1.75. The molecule has 1 aliphatic rings. The van der Waals surface area contributed by atoms with Crippen LogP contribution in [-0.4, -0.2) is 31.1 Å². The molecule has 2 nitrogen and oxygen atoms in total. The zero-order valence-corrected chi connectivity index (χ0v) is 12.5. The first kappa shape index (κ1) is 14.5. The SMILES string of the molecule is Fc1ccccc1C(c1cccc(Cl)c1)N1CCNCC1. The summed E-state index contributed by atoms with van der Waals surface area (Å²) in [6.07, 6.45) is 0. The predicted molar refractivity (Wildman–Crippen MR) is 84.1 cm³/mol. The summed E-state index contributed by atoms with van der Waals surface area (Å²) in [6.45, 7) is 3.63. The van der Waals surface area contributed by atoms with E-state index < -0.39 is 0 Å². The van der Waals surface area contributed by atoms with Crippen molar-refractivity contribution >= 4 is 11.6 Å². The maximum Gasteiger partial charge on any atom is 0.128 e. The van der Waals surface area contributed by atoms with Gasteiger partial charge in [0.25, 0.3) is 0 Å². The number of rotatable bonds is 3. The highest BCUT2D eigenvalue weighted by molar-refractivity contribution is 6.30. The van der Waals surface area contributed by atoms with Gasteiger partial charge in [-0.25, -0.2) is 4.39 Å². The monoisotopic (exact) mass is 304 g/mol. The van der Waals surface area contributed by atoms with Crippen LogP contribution in [-0.2, 0) is 0 Å². The summed E-state index contributed by atoms with van der Waals surface area (Å²) in [5, 5.41) is 4.02. The molecule has 4 heteroatoms. The third-order valence-electron chi connectivity index (χ3n) is 3.88. The first-order valence-corrected chi connectivity index (χ1v) is 7.58. The molecule has 0 spiro atoms. The van der Waals surface area contributed by atoms with E-state index in [1.165, 1.54) is 6.07 Å². The topological polar surface area (TPSA) is 15.3 Å². The number of hydrogen-bond donors (Lipinski definition) is 1. The van der Waals surface area contributed by atoms with Gasteiger partial charge in [-0.15, -0.1) is 0 Å². The molecule has 1 fully saturated rings. The van der Waals surface area contributed by atoms with Crippen LogP contribution in [0.4, 0.5) is 4.39 Å². The number of nitrogens with one attached hydrogen (secondary N) is 1. The fourth-order valence-corrected chi connectivity index (χ4v) is 3.10. The Morgan fingerprint density at radius 3 is 2.52 bits per heavy atom. The molecule has 0 aromatic heterocycles. The molecule has 2 aromatic rings. The fourth-order valence-electron chi connectivity index (χ4n) is 2.90. The highest BCUT2D eigenvalue weighted by Crippen LogP contribution is 2.31. The molecular weight excluding hydrogens is 287 g/mol. The quantitative estimate of drug-likeness (QED) is 0.934. The van der Waals surface area contributed by atoms with Gasteiger partial charge < -0.3 is 5.32 Å². The predicted octanol–water partition coefficient (Wildman–Crippen LogP) is 3.47. The van der Waals surface area contributed by atoms with Crippen molar-refractivity contribution in [3.63, 3.8) is 0 Å². The van der Waals surface area contributed by atoms with Gasteiger partial charge in [0.15, 0.2) is 0 Å². The molecule has 21 heavy (non-hydrogen) atoms. The van der Waals surface area contributed by atoms with Crippen molar-refractivity contribution in [3.05, 3.63) is 70.5 Å². The minimum atomic E-state index is -0.166. The normalized spacial score (nSPS) is 17.6. The van der Waals surface area contributed by atoms with Gasteiger partial charge in [0.2, 0.25) is 0 Å². The Balaban J connectivity index is 2.04. The first-order valence-electron chi connectivity index (χ1n) is 7.20. The summed E-state index contributed by atoms with van der Waals surface area (Å²) in [4.78, 5) is 2.31. The molecule has 1 saturated heterocycles. The molecule has 1 unspecified atom stereocenters. The van der Waals surface area contributed by atoms with Crippen LogP contribution in [0.25, 0.3) is 0 Å². The third kappa shape index (κ3) is 3.26. The lowest BCUT2D eigenvalue weighted by Crippen LogP contribution is -2.45. The van der Waals surface area contributed by atoms with Crippen molar-refractivity contribution in [2.75, 3.05) is 26.2 Å². The highest BCUT2D eigenvalue weighted by Gasteiger charge is 2.26. The van der Waals surface area contributed by atoms with Crippen LogP contribution in [0.5, 0.6) is 0 Å². The smallest absolute Gasteiger partial charge is 0.128 e. The summed E-state index contributed by atoms with van der Waals surface area (Å²) in [5.74, 6) is -0.166. The summed E-state index contributed by atoms with van der Waals surface area (Å²) in [6, 6.07) is 14.6. The maximum atomic E-state index is 14.3. The Kier molecular flexibility index (Phi) is 4.54. The van der Waals surface area contributed by atoms with Crippen LogP contribution in [0.3, 0.4) is 0 Å². The zero-order chi connectivity index (χ0) is 14.7. The van der Waals surface area contributed by atoms with E-state index in [0.717, 1.165) is 31.7 Å². The van der Waals surface area contributed by atoms with Crippen molar-refractivity contribution in [1.82, 2.24) is 10.2 Å². The minimum Gasteiger partial charge on any atom is -0.314 e. The van der Waals surface area contributed by atoms with Gasteiger partial charge in [-0.05, 0) is 23.8 Å². The van der Waals surface area contributed by atoms with E-state index in [9.17, 15) is 4.39 Å². The molecule has 1 aliphatic heterocycles. The molecule has 0 saturated carbocycles. The van der Waals surface area contributed by atoms with Crippen LogP contribution in [0.2, 0.25) is 5.02 Å². The summed E-state index contributed by atoms with van der Waals surface area (Å²) < 4.78 is 14.3. The standard InChI is InChI=1S/C17H18ClFN2/c18-14-5-3-4-13(12-14)17(21-10-8-20-9-11-21)15-6-1-2-7-16(15)19/h1-7,12,17,20H,8-11H2. The second-order valence-electron chi connectivity index (χ2n) is 5.27. The molecule has 1 heterocycles. The average molecular weight is 305 g/mol. The molecule has 3 rings (SSSR count). The van der Waals surface area contributed by atoms with Gasteiger partial charge in [-0.2, -0.15) is 0 Å². The van der Waals surface area contributed by atoms with E-state index in [0.29, 0.717) is 10.6 Å². The lowest BCUT2D eigenvalue weighted by molar-refractivity contribution is 0.195. The molecule has 1 N–H and O–H groups in total. The number of piperazine rings is 1. The van der Waals surface area contributed by atoms with Crippen molar-refractivity contribution in [2.45, 2.75) is 6.04 Å². The van der Waals surface area contributed by atoms with Gasteiger partial charge in [0, 0.05) is 36.8 Å². The van der Waals surface area contributed by atoms with Gasteiger partial charge in [0.1, 0.15) is 5.82 Å². The van der Waals surface area contributed by atoms with Crippen LogP contribution in [0.15, 0.2) is 48.5 Å². The summed E-state index contributed by atoms with van der Waals surface area (Å²) in [7, 11) is 0. The molecule has 1 atom stereocenters. The van der Waals surface area contributed by atoms with Crippen LogP contribution in [0, 0.1) is 5.82 Å². The Bertz CT molecular complexity index is 611. The first-order chi connectivity index (χ1) is 10.3. The Labute approximate surface area is 129 Å². The van der Waals surface area contributed by atoms with E-state index >= 15 is 0 Å². The van der Waals surface area contributed by atoms with Gasteiger partial charge in [-0.3, -0.25) is 4.90 Å². The van der Waals surface area contributed by atoms with Gasteiger partial charge in [-0.1, -0.05) is 41.9 Å². The average Bonchev–Trinajstić information content (AvgIpc) is 2.51. The van der Waals surface area contributed by atoms with Gasteiger partial charge >= 0.3 is 0 Å². The summed E-state index contributed by atoms with van der Waals surface area (Å²) >= 11 is 6.13. The molecule has 0 radical (unpaired) electrons. The zero-order valence-electron chi connectivity index (χ0n) is 11.7. The molecule has 0 bridgehead atoms. The molecule has 0 aliphatic carbocycles. The van der Waals surface area contributed by atoms with Crippen LogP contribution in [0.1, 0.15) is 17.2 Å². The van der Waals surface area contributed by atoms with Crippen molar-refractivity contribution < 1.29 is 4.39 Å². The van der Waals surface area contributed by atoms with E-state index in [1.54, 1.807) is 6.07 Å². The minimum absolute atomic E-state index is 0.0907. The van der Waals surface area contributed by atoms with E-state index in [1.807, 2.05) is 36.4 Å². The van der Waals surface area contributed by atoms with Gasteiger partial charge in [0.05, 0.1) is 6.04 Å². The Hall–Kier alpha value is -1.42. The second-order valence-corrected chi connectivity index (χ2v) is 5.70. The number of benzene rings is 2. The molecule has 110 valence electrons. The molecule has 0 amide bonds. The number of halogens is 2. The van der Waals surface area contributed by atoms with Crippen molar-refractivity contribution in [1.29, 1.82) is 0 Å². The largest absolute Gasteiger partial charge is 0.314 e. The fraction of sp³-hybridized carbons (Fsp3) is 0.294. The molecular formula is C17H18ClFN2. The molecule has 2 aromatic carbocycles. The lowest BCUT2D eigenvalue weighted by Gasteiger charge is -2.35. The number of hydrogen-bond acceptors (Lipinski definition) is 2. The third-order valence-corrected chi connectivity index (χ3v) is 4.12. The number of nitrogens with zero attached hydrogens (tertiary/aromatic N) is 1. The van der Waals surface area contributed by atoms with Crippen LogP contribution < -0.4 is 5.32 Å². The van der Waals surface area contributed by atoms with Crippen molar-refractivity contribution in [3.8, 4) is 0 Å². The van der Waals surface area contributed by atoms with E-state index in [-0.39, 0.29) is 11.9 Å².